The van der Waals surface area contributed by atoms with Crippen LogP contribution in [0.5, 0.6) is 0 Å². The first kappa shape index (κ1) is 22.4. The lowest BCUT2D eigenvalue weighted by Crippen LogP contribution is -2.40. The third-order valence-electron chi connectivity index (χ3n) is 4.72. The van der Waals surface area contributed by atoms with E-state index >= 15 is 0 Å². The summed E-state index contributed by atoms with van der Waals surface area (Å²) in [7, 11) is 0. The largest absolute Gasteiger partial charge is 0.457 e. The number of ether oxygens (including phenoxy) is 3. The lowest BCUT2D eigenvalue weighted by molar-refractivity contribution is -0.239. The summed E-state index contributed by atoms with van der Waals surface area (Å²) in [6.07, 6.45) is 14.3. The number of hydrogen-bond donors (Lipinski definition) is 0. The van der Waals surface area contributed by atoms with Gasteiger partial charge in [-0.2, -0.15) is 0 Å². The van der Waals surface area contributed by atoms with E-state index in [1.54, 1.807) is 0 Å². The van der Waals surface area contributed by atoms with Crippen LogP contribution in [0.1, 0.15) is 97.8 Å². The molecule has 1 fully saturated rings. The van der Waals surface area contributed by atoms with Crippen molar-refractivity contribution in [2.24, 2.45) is 5.92 Å². The van der Waals surface area contributed by atoms with E-state index in [-0.39, 0.29) is 18.4 Å². The minimum atomic E-state index is -0.241. The molecule has 0 N–H and O–H groups in total. The Labute approximate surface area is 155 Å². The topological polar surface area (TPSA) is 44.8 Å². The van der Waals surface area contributed by atoms with Gasteiger partial charge in [0, 0.05) is 12.3 Å². The Bertz CT molecular complexity index is 322. The zero-order valence-corrected chi connectivity index (χ0v) is 16.8. The van der Waals surface area contributed by atoms with Gasteiger partial charge in [-0.3, -0.25) is 4.79 Å². The molecule has 0 radical (unpaired) electrons. The average molecular weight is 357 g/mol. The Balaban J connectivity index is 1.88. The van der Waals surface area contributed by atoms with Crippen LogP contribution in [0, 0.1) is 5.92 Å². The molecule has 0 aromatic heterocycles. The summed E-state index contributed by atoms with van der Waals surface area (Å²) in [4.78, 5) is 11.9. The summed E-state index contributed by atoms with van der Waals surface area (Å²) >= 11 is 0. The minimum absolute atomic E-state index is 0.115. The summed E-state index contributed by atoms with van der Waals surface area (Å²) in [5, 5.41) is 0. The molecule has 0 aliphatic carbocycles. The van der Waals surface area contributed by atoms with Crippen LogP contribution in [0.3, 0.4) is 0 Å². The number of carbonyl (C=O) groups is 1. The van der Waals surface area contributed by atoms with Crippen molar-refractivity contribution in [3.8, 4) is 0 Å². The second kappa shape index (κ2) is 14.5. The molecule has 0 atom stereocenters. The van der Waals surface area contributed by atoms with Gasteiger partial charge in [0.1, 0.15) is 6.10 Å². The van der Waals surface area contributed by atoms with Gasteiger partial charge in [0.15, 0.2) is 6.29 Å². The fraction of sp³-hybridized carbons (Fsp3) is 0.952. The van der Waals surface area contributed by atoms with Gasteiger partial charge in [-0.05, 0) is 6.42 Å². The first-order valence-corrected chi connectivity index (χ1v) is 10.6. The van der Waals surface area contributed by atoms with Gasteiger partial charge in [-0.15, -0.1) is 0 Å². The van der Waals surface area contributed by atoms with Gasteiger partial charge in [-0.25, -0.2) is 0 Å². The molecule has 0 saturated carbocycles. The van der Waals surface area contributed by atoms with Gasteiger partial charge >= 0.3 is 5.97 Å². The Morgan fingerprint density at radius 1 is 0.880 bits per heavy atom. The molecule has 0 spiro atoms. The molecule has 0 aromatic carbocycles. The quantitative estimate of drug-likeness (QED) is 0.299. The van der Waals surface area contributed by atoms with Crippen LogP contribution in [0.2, 0.25) is 0 Å². The van der Waals surface area contributed by atoms with Crippen molar-refractivity contribution in [2.45, 2.75) is 110 Å². The van der Waals surface area contributed by atoms with Crippen molar-refractivity contribution in [1.82, 2.24) is 0 Å². The fourth-order valence-electron chi connectivity index (χ4n) is 3.13. The molecule has 1 heterocycles. The maximum atomic E-state index is 11.9. The van der Waals surface area contributed by atoms with Gasteiger partial charge < -0.3 is 14.2 Å². The predicted octanol–water partition coefficient (Wildman–Crippen LogP) is 5.63. The zero-order valence-electron chi connectivity index (χ0n) is 16.8. The van der Waals surface area contributed by atoms with Gasteiger partial charge in [0.05, 0.1) is 13.2 Å². The second-order valence-electron chi connectivity index (χ2n) is 7.68. The van der Waals surface area contributed by atoms with Crippen LogP contribution < -0.4 is 0 Å². The molecule has 0 bridgehead atoms. The molecule has 1 aliphatic heterocycles. The summed E-state index contributed by atoms with van der Waals surface area (Å²) in [6, 6.07) is 0. The second-order valence-corrected chi connectivity index (χ2v) is 7.68. The van der Waals surface area contributed by atoms with E-state index < -0.39 is 0 Å². The maximum Gasteiger partial charge on any atom is 0.306 e. The fourth-order valence-corrected chi connectivity index (χ4v) is 3.13. The number of hydrogen-bond acceptors (Lipinski definition) is 4. The number of rotatable bonds is 14. The van der Waals surface area contributed by atoms with Crippen molar-refractivity contribution in [1.29, 1.82) is 0 Å². The molecule has 25 heavy (non-hydrogen) atoms. The van der Waals surface area contributed by atoms with E-state index in [2.05, 4.69) is 20.8 Å². The van der Waals surface area contributed by atoms with Crippen molar-refractivity contribution in [3.63, 3.8) is 0 Å². The normalized spacial score (nSPS) is 20.8. The summed E-state index contributed by atoms with van der Waals surface area (Å²) < 4.78 is 16.6. The first-order chi connectivity index (χ1) is 12.1. The van der Waals surface area contributed by atoms with E-state index in [0.29, 0.717) is 25.6 Å². The third-order valence-corrected chi connectivity index (χ3v) is 4.72. The molecule has 148 valence electrons. The van der Waals surface area contributed by atoms with Crippen LogP contribution in [0.4, 0.5) is 0 Å². The molecule has 4 nitrogen and oxygen atoms in total. The van der Waals surface area contributed by atoms with Crippen LogP contribution in [-0.2, 0) is 19.0 Å². The number of unbranched alkanes of at least 4 members (excludes halogenated alkanes) is 10. The van der Waals surface area contributed by atoms with Gasteiger partial charge in [-0.1, -0.05) is 85.0 Å². The van der Waals surface area contributed by atoms with Crippen LogP contribution in [-0.4, -0.2) is 31.6 Å². The molecule has 1 rings (SSSR count). The lowest BCUT2D eigenvalue weighted by atomic mass is 10.1. The molecular weight excluding hydrogens is 316 g/mol. The molecular formula is C21H40O4. The average Bonchev–Trinajstić information content (AvgIpc) is 2.60. The van der Waals surface area contributed by atoms with Crippen molar-refractivity contribution < 1.29 is 19.0 Å². The monoisotopic (exact) mass is 356 g/mol. The molecule has 0 aromatic rings. The number of esters is 1. The summed E-state index contributed by atoms with van der Waals surface area (Å²) in [6.45, 7) is 7.28. The Morgan fingerprint density at radius 2 is 1.36 bits per heavy atom. The molecule has 1 aliphatic rings. The van der Waals surface area contributed by atoms with Crippen LogP contribution in [0.15, 0.2) is 0 Å². The molecule has 0 unspecified atom stereocenters. The molecule has 1 saturated heterocycles. The highest BCUT2D eigenvalue weighted by molar-refractivity contribution is 5.69. The van der Waals surface area contributed by atoms with Crippen molar-refractivity contribution in [2.75, 3.05) is 13.2 Å². The van der Waals surface area contributed by atoms with E-state index in [9.17, 15) is 4.79 Å². The van der Waals surface area contributed by atoms with Gasteiger partial charge in [0.2, 0.25) is 0 Å². The first-order valence-electron chi connectivity index (χ1n) is 10.6. The SMILES string of the molecule is CCCCCCCCCCCCCC(=O)OC1COC(C(C)C)OC1. The summed E-state index contributed by atoms with van der Waals surface area (Å²) in [5.74, 6) is 0.212. The van der Waals surface area contributed by atoms with Crippen LogP contribution >= 0.6 is 0 Å². The molecule has 4 heteroatoms. The lowest BCUT2D eigenvalue weighted by Gasteiger charge is -2.31. The Morgan fingerprint density at radius 3 is 1.84 bits per heavy atom. The number of carbonyl (C=O) groups excluding carboxylic acids is 1. The third kappa shape index (κ3) is 11.6. The van der Waals surface area contributed by atoms with Crippen LogP contribution in [0.25, 0.3) is 0 Å². The summed E-state index contributed by atoms with van der Waals surface area (Å²) in [5.41, 5.74) is 0. The highest BCUT2D eigenvalue weighted by atomic mass is 16.7. The van der Waals surface area contributed by atoms with Crippen molar-refractivity contribution >= 4 is 5.97 Å². The zero-order chi connectivity index (χ0) is 18.3. The highest BCUT2D eigenvalue weighted by Crippen LogP contribution is 2.16. The Kier molecular flexibility index (Phi) is 13.1. The molecule has 0 amide bonds. The standard InChI is InChI=1S/C21H40O4/c1-4-5-6-7-8-9-10-11-12-13-14-15-20(22)25-19-16-23-21(18(2)3)24-17-19/h18-19,21H,4-17H2,1-3H3. The van der Waals surface area contributed by atoms with E-state index in [1.165, 1.54) is 57.8 Å². The van der Waals surface area contributed by atoms with Gasteiger partial charge in [0.25, 0.3) is 0 Å². The smallest absolute Gasteiger partial charge is 0.306 e. The van der Waals surface area contributed by atoms with E-state index in [4.69, 9.17) is 14.2 Å². The minimum Gasteiger partial charge on any atom is -0.457 e. The Hall–Kier alpha value is -0.610. The van der Waals surface area contributed by atoms with E-state index in [1.807, 2.05) is 0 Å². The van der Waals surface area contributed by atoms with E-state index in [0.717, 1.165) is 12.8 Å². The highest BCUT2D eigenvalue weighted by Gasteiger charge is 2.26. The maximum absolute atomic E-state index is 11.9. The van der Waals surface area contributed by atoms with Crippen molar-refractivity contribution in [3.05, 3.63) is 0 Å². The predicted molar refractivity (Wildman–Crippen MR) is 101 cm³/mol.